The molecule has 2 amide bonds. The summed E-state index contributed by atoms with van der Waals surface area (Å²) in [5, 5.41) is 2.93. The van der Waals surface area contributed by atoms with Gasteiger partial charge in [0.25, 0.3) is 5.91 Å². The van der Waals surface area contributed by atoms with E-state index in [1.807, 2.05) is 51.1 Å². The van der Waals surface area contributed by atoms with E-state index in [1.54, 1.807) is 11.0 Å². The molecule has 142 valence electrons. The lowest BCUT2D eigenvalue weighted by Gasteiger charge is -2.30. The van der Waals surface area contributed by atoms with Crippen molar-refractivity contribution in [3.05, 3.63) is 53.1 Å². The maximum absolute atomic E-state index is 13.1. The van der Waals surface area contributed by atoms with Crippen molar-refractivity contribution in [3.63, 3.8) is 0 Å². The van der Waals surface area contributed by atoms with Gasteiger partial charge in [0, 0.05) is 35.6 Å². The standard InChI is InChI=1S/C22H27N3O2/c1-14(2)12-21(26)24-19-10-9-16(13-15(19)3)22(27)25-11-5-6-17-18(23)7-4-8-20(17)25/h4,7-10,13-14H,5-6,11-12,23H2,1-3H3,(H,24,26). The third-order valence-electron chi connectivity index (χ3n) is 4.87. The molecular formula is C22H27N3O2. The van der Waals surface area contributed by atoms with Crippen molar-refractivity contribution in [1.82, 2.24) is 0 Å². The summed E-state index contributed by atoms with van der Waals surface area (Å²) in [5.41, 5.74) is 11.0. The SMILES string of the molecule is Cc1cc(C(=O)N2CCCc3c(N)cccc32)ccc1NC(=O)CC(C)C. The van der Waals surface area contributed by atoms with Gasteiger partial charge in [-0.25, -0.2) is 0 Å². The molecule has 2 aromatic rings. The first-order valence-electron chi connectivity index (χ1n) is 9.46. The van der Waals surface area contributed by atoms with E-state index in [-0.39, 0.29) is 11.8 Å². The zero-order valence-electron chi connectivity index (χ0n) is 16.2. The van der Waals surface area contributed by atoms with Crippen molar-refractivity contribution in [1.29, 1.82) is 0 Å². The number of benzene rings is 2. The van der Waals surface area contributed by atoms with Crippen LogP contribution in [-0.2, 0) is 11.2 Å². The fraction of sp³-hybridized carbons (Fsp3) is 0.364. The number of anilines is 3. The van der Waals surface area contributed by atoms with Crippen molar-refractivity contribution in [2.24, 2.45) is 5.92 Å². The van der Waals surface area contributed by atoms with Crippen molar-refractivity contribution in [2.45, 2.75) is 40.0 Å². The molecule has 1 aliphatic rings. The molecule has 0 spiro atoms. The first-order valence-corrected chi connectivity index (χ1v) is 9.46. The van der Waals surface area contributed by atoms with E-state index in [2.05, 4.69) is 5.32 Å². The third kappa shape index (κ3) is 4.13. The molecule has 5 heteroatoms. The highest BCUT2D eigenvalue weighted by atomic mass is 16.2. The van der Waals surface area contributed by atoms with E-state index in [4.69, 9.17) is 5.73 Å². The summed E-state index contributed by atoms with van der Waals surface area (Å²) in [6.45, 7) is 6.61. The van der Waals surface area contributed by atoms with Crippen molar-refractivity contribution in [2.75, 3.05) is 22.5 Å². The number of rotatable bonds is 4. The van der Waals surface area contributed by atoms with Crippen LogP contribution in [0.3, 0.4) is 0 Å². The summed E-state index contributed by atoms with van der Waals surface area (Å²) in [6.07, 6.45) is 2.27. The fourth-order valence-electron chi connectivity index (χ4n) is 3.53. The lowest BCUT2D eigenvalue weighted by molar-refractivity contribution is -0.116. The Morgan fingerprint density at radius 1 is 1.22 bits per heavy atom. The zero-order valence-corrected chi connectivity index (χ0v) is 16.2. The number of nitrogens with two attached hydrogens (primary N) is 1. The zero-order chi connectivity index (χ0) is 19.6. The number of nitrogens with one attached hydrogen (secondary N) is 1. The van der Waals surface area contributed by atoms with Crippen LogP contribution in [0.25, 0.3) is 0 Å². The Kier molecular flexibility index (Phi) is 5.49. The second-order valence-corrected chi connectivity index (χ2v) is 7.58. The molecule has 27 heavy (non-hydrogen) atoms. The van der Waals surface area contributed by atoms with Gasteiger partial charge in [-0.3, -0.25) is 9.59 Å². The Morgan fingerprint density at radius 3 is 2.70 bits per heavy atom. The molecule has 5 nitrogen and oxygen atoms in total. The molecule has 0 atom stereocenters. The van der Waals surface area contributed by atoms with Gasteiger partial charge in [-0.05, 0) is 67.1 Å². The molecule has 0 radical (unpaired) electrons. The van der Waals surface area contributed by atoms with Crippen molar-refractivity contribution < 1.29 is 9.59 Å². The van der Waals surface area contributed by atoms with Gasteiger partial charge in [-0.2, -0.15) is 0 Å². The molecule has 0 saturated heterocycles. The van der Waals surface area contributed by atoms with Gasteiger partial charge in [-0.1, -0.05) is 19.9 Å². The van der Waals surface area contributed by atoms with Crippen LogP contribution < -0.4 is 16.0 Å². The molecule has 0 bridgehead atoms. The summed E-state index contributed by atoms with van der Waals surface area (Å²) >= 11 is 0. The van der Waals surface area contributed by atoms with Crippen LogP contribution >= 0.6 is 0 Å². The average molecular weight is 365 g/mol. The highest BCUT2D eigenvalue weighted by Gasteiger charge is 2.25. The fourth-order valence-corrected chi connectivity index (χ4v) is 3.53. The second kappa shape index (κ2) is 7.82. The van der Waals surface area contributed by atoms with E-state index in [9.17, 15) is 9.59 Å². The highest BCUT2D eigenvalue weighted by molar-refractivity contribution is 6.07. The second-order valence-electron chi connectivity index (χ2n) is 7.58. The minimum absolute atomic E-state index is 0.00684. The molecule has 1 aliphatic heterocycles. The molecule has 2 aromatic carbocycles. The van der Waals surface area contributed by atoms with Crippen LogP contribution in [0.2, 0.25) is 0 Å². The van der Waals surface area contributed by atoms with E-state index < -0.39 is 0 Å². The minimum Gasteiger partial charge on any atom is -0.398 e. The lowest BCUT2D eigenvalue weighted by atomic mass is 9.98. The van der Waals surface area contributed by atoms with Crippen LogP contribution in [0.5, 0.6) is 0 Å². The van der Waals surface area contributed by atoms with Gasteiger partial charge in [0.15, 0.2) is 0 Å². The number of hydrogen-bond donors (Lipinski definition) is 2. The summed E-state index contributed by atoms with van der Waals surface area (Å²) in [7, 11) is 0. The number of nitrogen functional groups attached to an aromatic ring is 1. The molecule has 0 aliphatic carbocycles. The van der Waals surface area contributed by atoms with Gasteiger partial charge >= 0.3 is 0 Å². The molecule has 0 fully saturated rings. The lowest BCUT2D eigenvalue weighted by Crippen LogP contribution is -2.35. The van der Waals surface area contributed by atoms with Crippen molar-refractivity contribution >= 4 is 28.9 Å². The van der Waals surface area contributed by atoms with E-state index in [0.717, 1.165) is 41.0 Å². The monoisotopic (exact) mass is 365 g/mol. The van der Waals surface area contributed by atoms with Crippen LogP contribution in [0.1, 0.15) is 48.2 Å². The highest BCUT2D eigenvalue weighted by Crippen LogP contribution is 2.32. The summed E-state index contributed by atoms with van der Waals surface area (Å²) < 4.78 is 0. The predicted octanol–water partition coefficient (Wildman–Crippen LogP) is 4.15. The van der Waals surface area contributed by atoms with Crippen LogP contribution in [0.4, 0.5) is 17.1 Å². The first kappa shape index (κ1) is 19.0. The Hall–Kier alpha value is -2.82. The number of nitrogens with zero attached hydrogens (tertiary/aromatic N) is 1. The normalized spacial score (nSPS) is 13.4. The molecule has 0 saturated carbocycles. The maximum atomic E-state index is 13.1. The van der Waals surface area contributed by atoms with Crippen LogP contribution in [-0.4, -0.2) is 18.4 Å². The number of fused-ring (bicyclic) bond motifs is 1. The minimum atomic E-state index is -0.0373. The number of amides is 2. The van der Waals surface area contributed by atoms with E-state index in [1.165, 1.54) is 0 Å². The Bertz CT molecular complexity index is 874. The average Bonchev–Trinajstić information content (AvgIpc) is 2.62. The molecular weight excluding hydrogens is 338 g/mol. The maximum Gasteiger partial charge on any atom is 0.258 e. The van der Waals surface area contributed by atoms with Gasteiger partial charge in [0.2, 0.25) is 5.91 Å². The largest absolute Gasteiger partial charge is 0.398 e. The predicted molar refractivity (Wildman–Crippen MR) is 110 cm³/mol. The molecule has 0 unspecified atom stereocenters. The molecule has 3 rings (SSSR count). The summed E-state index contributed by atoms with van der Waals surface area (Å²) in [4.78, 5) is 26.9. The Morgan fingerprint density at radius 2 is 2.00 bits per heavy atom. The molecule has 1 heterocycles. The Labute approximate surface area is 160 Å². The third-order valence-corrected chi connectivity index (χ3v) is 4.87. The Balaban J connectivity index is 1.82. The molecule has 3 N–H and O–H groups in total. The summed E-state index contributed by atoms with van der Waals surface area (Å²) in [5.74, 6) is 0.259. The number of carbonyl (C=O) groups is 2. The van der Waals surface area contributed by atoms with Crippen molar-refractivity contribution in [3.8, 4) is 0 Å². The number of aryl methyl sites for hydroxylation is 1. The molecule has 0 aromatic heterocycles. The number of hydrogen-bond acceptors (Lipinski definition) is 3. The first-order chi connectivity index (χ1) is 12.9. The van der Waals surface area contributed by atoms with E-state index in [0.29, 0.717) is 24.4 Å². The van der Waals surface area contributed by atoms with Crippen LogP contribution in [0.15, 0.2) is 36.4 Å². The number of carbonyl (C=O) groups excluding carboxylic acids is 2. The van der Waals surface area contributed by atoms with Gasteiger partial charge in [0.1, 0.15) is 0 Å². The van der Waals surface area contributed by atoms with Gasteiger partial charge < -0.3 is 16.0 Å². The van der Waals surface area contributed by atoms with Gasteiger partial charge in [-0.15, -0.1) is 0 Å². The van der Waals surface area contributed by atoms with Crippen LogP contribution in [0, 0.1) is 12.8 Å². The topological polar surface area (TPSA) is 75.4 Å². The van der Waals surface area contributed by atoms with Gasteiger partial charge in [0.05, 0.1) is 0 Å². The summed E-state index contributed by atoms with van der Waals surface area (Å²) in [6, 6.07) is 11.2. The quantitative estimate of drug-likeness (QED) is 0.799. The smallest absolute Gasteiger partial charge is 0.258 e. The van der Waals surface area contributed by atoms with E-state index >= 15 is 0 Å².